The minimum atomic E-state index is -3.94. The maximum absolute atomic E-state index is 12.7. The van der Waals surface area contributed by atoms with Gasteiger partial charge in [-0.1, -0.05) is 41.9 Å². The summed E-state index contributed by atoms with van der Waals surface area (Å²) in [4.78, 5) is 12.1. The van der Waals surface area contributed by atoms with Gasteiger partial charge in [-0.15, -0.1) is 0 Å². The van der Waals surface area contributed by atoms with Crippen molar-refractivity contribution in [1.29, 1.82) is 0 Å². The molecule has 0 saturated heterocycles. The summed E-state index contributed by atoms with van der Waals surface area (Å²) in [6.07, 6.45) is 0.227. The van der Waals surface area contributed by atoms with Crippen molar-refractivity contribution in [2.24, 2.45) is 0 Å². The molecular weight excluding hydrogens is 376 g/mol. The number of hydrogen-bond donors (Lipinski definition) is 2. The minimum absolute atomic E-state index is 0.0343. The number of hydrogen-bond acceptors (Lipinski definition) is 4. The Balaban J connectivity index is 2.25. The van der Waals surface area contributed by atoms with Gasteiger partial charge in [-0.3, -0.25) is 4.79 Å². The van der Waals surface area contributed by atoms with E-state index in [9.17, 15) is 13.2 Å². The number of carbonyl (C=O) groups excluding carboxylic acids is 1. The van der Waals surface area contributed by atoms with Crippen LogP contribution >= 0.6 is 11.6 Å². The monoisotopic (exact) mass is 396 g/mol. The molecule has 6 nitrogen and oxygen atoms in total. The molecular formula is C18H21ClN2O4S. The first-order valence-corrected chi connectivity index (χ1v) is 9.93. The van der Waals surface area contributed by atoms with Gasteiger partial charge < -0.3 is 10.1 Å². The van der Waals surface area contributed by atoms with Crippen LogP contribution in [0.5, 0.6) is 5.75 Å². The van der Waals surface area contributed by atoms with Gasteiger partial charge in [0.05, 0.1) is 16.5 Å². The maximum atomic E-state index is 12.7. The fourth-order valence-electron chi connectivity index (χ4n) is 2.39. The van der Waals surface area contributed by atoms with Crippen LogP contribution in [0.1, 0.15) is 12.5 Å². The SMILES string of the molecule is CCOc1ccc(S(=O)(=O)NC(Cc2ccccc2)C(=O)NC)cc1Cl. The van der Waals surface area contributed by atoms with E-state index >= 15 is 0 Å². The third kappa shape index (κ3) is 5.20. The van der Waals surface area contributed by atoms with Gasteiger partial charge in [-0.25, -0.2) is 8.42 Å². The third-order valence-corrected chi connectivity index (χ3v) is 5.42. The molecule has 0 saturated carbocycles. The van der Waals surface area contributed by atoms with Crippen molar-refractivity contribution in [3.05, 3.63) is 59.1 Å². The quantitative estimate of drug-likeness (QED) is 0.717. The van der Waals surface area contributed by atoms with Crippen LogP contribution in [0.15, 0.2) is 53.4 Å². The second kappa shape index (κ2) is 9.02. The Morgan fingerprint density at radius 3 is 2.46 bits per heavy atom. The zero-order valence-corrected chi connectivity index (χ0v) is 16.1. The van der Waals surface area contributed by atoms with E-state index in [0.29, 0.717) is 12.4 Å². The molecule has 0 fully saturated rings. The maximum Gasteiger partial charge on any atom is 0.241 e. The zero-order chi connectivity index (χ0) is 19.2. The second-order valence-corrected chi connectivity index (χ2v) is 7.62. The van der Waals surface area contributed by atoms with Crippen LogP contribution < -0.4 is 14.8 Å². The van der Waals surface area contributed by atoms with Gasteiger partial charge in [-0.2, -0.15) is 4.72 Å². The molecule has 0 heterocycles. The zero-order valence-electron chi connectivity index (χ0n) is 14.5. The largest absolute Gasteiger partial charge is 0.492 e. The van der Waals surface area contributed by atoms with E-state index in [1.54, 1.807) is 6.92 Å². The lowest BCUT2D eigenvalue weighted by Gasteiger charge is -2.18. The molecule has 26 heavy (non-hydrogen) atoms. The summed E-state index contributed by atoms with van der Waals surface area (Å²) in [6.45, 7) is 2.22. The normalized spacial score (nSPS) is 12.4. The molecule has 2 rings (SSSR count). The van der Waals surface area contributed by atoms with Crippen molar-refractivity contribution in [3.8, 4) is 5.75 Å². The molecule has 2 aromatic carbocycles. The number of benzene rings is 2. The van der Waals surface area contributed by atoms with Crippen molar-refractivity contribution in [1.82, 2.24) is 10.0 Å². The number of nitrogens with one attached hydrogen (secondary N) is 2. The molecule has 1 unspecified atom stereocenters. The molecule has 0 aromatic heterocycles. The highest BCUT2D eigenvalue weighted by atomic mass is 35.5. The Morgan fingerprint density at radius 2 is 1.88 bits per heavy atom. The Labute approximate surface area is 158 Å². The van der Waals surface area contributed by atoms with E-state index in [-0.39, 0.29) is 16.3 Å². The van der Waals surface area contributed by atoms with Gasteiger partial charge in [0.15, 0.2) is 0 Å². The summed E-state index contributed by atoms with van der Waals surface area (Å²) in [5, 5.41) is 2.67. The van der Waals surface area contributed by atoms with Gasteiger partial charge in [0.25, 0.3) is 0 Å². The summed E-state index contributed by atoms with van der Waals surface area (Å²) in [5.41, 5.74) is 0.841. The molecule has 0 aliphatic carbocycles. The summed E-state index contributed by atoms with van der Waals surface area (Å²) < 4.78 is 33.1. The van der Waals surface area contributed by atoms with Crippen LogP contribution in [0.2, 0.25) is 5.02 Å². The number of ether oxygens (including phenoxy) is 1. The second-order valence-electron chi connectivity index (χ2n) is 5.50. The van der Waals surface area contributed by atoms with Gasteiger partial charge in [-0.05, 0) is 37.1 Å². The molecule has 0 aliphatic rings. The molecule has 0 aliphatic heterocycles. The Hall–Kier alpha value is -2.09. The van der Waals surface area contributed by atoms with Crippen molar-refractivity contribution >= 4 is 27.5 Å². The Kier molecular flexibility index (Phi) is 7.02. The van der Waals surface area contributed by atoms with E-state index in [1.165, 1.54) is 25.2 Å². The van der Waals surface area contributed by atoms with Crippen molar-refractivity contribution in [2.75, 3.05) is 13.7 Å². The Bertz CT molecular complexity index is 857. The van der Waals surface area contributed by atoms with Crippen LogP contribution in [0.3, 0.4) is 0 Å². The van der Waals surface area contributed by atoms with Crippen LogP contribution in [0.4, 0.5) is 0 Å². The summed E-state index contributed by atoms with van der Waals surface area (Å²) in [5.74, 6) is -0.0188. The molecule has 1 amide bonds. The first kappa shape index (κ1) is 20.2. The average Bonchev–Trinajstić information content (AvgIpc) is 2.63. The Morgan fingerprint density at radius 1 is 1.19 bits per heavy atom. The van der Waals surface area contributed by atoms with E-state index < -0.39 is 22.0 Å². The predicted molar refractivity (Wildman–Crippen MR) is 101 cm³/mol. The molecule has 0 bridgehead atoms. The smallest absolute Gasteiger partial charge is 0.241 e. The highest BCUT2D eigenvalue weighted by Crippen LogP contribution is 2.27. The highest BCUT2D eigenvalue weighted by Gasteiger charge is 2.26. The third-order valence-electron chi connectivity index (χ3n) is 3.66. The van der Waals surface area contributed by atoms with E-state index in [4.69, 9.17) is 16.3 Å². The number of amides is 1. The van der Waals surface area contributed by atoms with Gasteiger partial charge in [0.2, 0.25) is 15.9 Å². The van der Waals surface area contributed by atoms with Gasteiger partial charge in [0, 0.05) is 7.05 Å². The number of likely N-dealkylation sites (N-methyl/N-ethyl adjacent to an activating group) is 1. The highest BCUT2D eigenvalue weighted by molar-refractivity contribution is 7.89. The molecule has 2 N–H and O–H groups in total. The van der Waals surface area contributed by atoms with Crippen molar-refractivity contribution in [3.63, 3.8) is 0 Å². The first-order chi connectivity index (χ1) is 12.4. The number of rotatable bonds is 8. The fourth-order valence-corrected chi connectivity index (χ4v) is 3.91. The van der Waals surface area contributed by atoms with E-state index in [1.807, 2.05) is 30.3 Å². The summed E-state index contributed by atoms with van der Waals surface area (Å²) in [6, 6.07) is 12.4. The van der Waals surface area contributed by atoms with Crippen molar-refractivity contribution < 1.29 is 17.9 Å². The standard InChI is InChI=1S/C18H21ClN2O4S/c1-3-25-17-10-9-14(12-15(17)19)26(23,24)21-16(18(22)20-2)11-13-7-5-4-6-8-13/h4-10,12,16,21H,3,11H2,1-2H3,(H,20,22). The van der Waals surface area contributed by atoms with Crippen LogP contribution in [0, 0.1) is 0 Å². The summed E-state index contributed by atoms with van der Waals surface area (Å²) >= 11 is 6.07. The van der Waals surface area contributed by atoms with Crippen LogP contribution in [0.25, 0.3) is 0 Å². The van der Waals surface area contributed by atoms with E-state index in [2.05, 4.69) is 10.0 Å². The van der Waals surface area contributed by atoms with Crippen molar-refractivity contribution in [2.45, 2.75) is 24.3 Å². The van der Waals surface area contributed by atoms with Crippen LogP contribution in [-0.2, 0) is 21.2 Å². The fraction of sp³-hybridized carbons (Fsp3) is 0.278. The molecule has 0 radical (unpaired) electrons. The van der Waals surface area contributed by atoms with E-state index in [0.717, 1.165) is 5.56 Å². The molecule has 8 heteroatoms. The van der Waals surface area contributed by atoms with Gasteiger partial charge in [0.1, 0.15) is 11.8 Å². The first-order valence-electron chi connectivity index (χ1n) is 8.07. The molecule has 140 valence electrons. The number of sulfonamides is 1. The lowest BCUT2D eigenvalue weighted by atomic mass is 10.1. The molecule has 0 spiro atoms. The van der Waals surface area contributed by atoms with Gasteiger partial charge >= 0.3 is 0 Å². The number of carbonyl (C=O) groups is 1. The minimum Gasteiger partial charge on any atom is -0.492 e. The topological polar surface area (TPSA) is 84.5 Å². The molecule has 1 atom stereocenters. The number of halogens is 1. The predicted octanol–water partition coefficient (Wildman–Crippen LogP) is 2.37. The average molecular weight is 397 g/mol. The summed E-state index contributed by atoms with van der Waals surface area (Å²) in [7, 11) is -2.48. The molecule has 2 aromatic rings. The lowest BCUT2D eigenvalue weighted by molar-refractivity contribution is -0.122. The lowest BCUT2D eigenvalue weighted by Crippen LogP contribution is -2.46. The van der Waals surface area contributed by atoms with Crippen LogP contribution in [-0.4, -0.2) is 34.0 Å².